The van der Waals surface area contributed by atoms with Crippen molar-refractivity contribution >= 4 is 46.7 Å². The summed E-state index contributed by atoms with van der Waals surface area (Å²) >= 11 is 7.37. The number of carbonyl (C=O) groups excluding carboxylic acids is 3. The highest BCUT2D eigenvalue weighted by Crippen LogP contribution is 2.27. The zero-order chi connectivity index (χ0) is 19.8. The van der Waals surface area contributed by atoms with Crippen LogP contribution < -0.4 is 10.1 Å². The minimum atomic E-state index is -0.689. The Balaban J connectivity index is 1.92. The maximum Gasteiger partial charge on any atom is 0.344 e. The van der Waals surface area contributed by atoms with Crippen molar-refractivity contribution in [2.75, 3.05) is 24.8 Å². The smallest absolute Gasteiger partial charge is 0.344 e. The zero-order valence-electron chi connectivity index (χ0n) is 14.8. The number of para-hydroxylation sites is 1. The molecule has 27 heavy (non-hydrogen) atoms. The van der Waals surface area contributed by atoms with Crippen molar-refractivity contribution in [3.8, 4) is 5.75 Å². The molecule has 0 aliphatic rings. The molecule has 142 valence electrons. The first-order valence-electron chi connectivity index (χ1n) is 7.92. The Bertz CT molecular complexity index is 856. The molecule has 0 atom stereocenters. The fraction of sp³-hybridized carbons (Fsp3) is 0.211. The Morgan fingerprint density at radius 3 is 2.52 bits per heavy atom. The van der Waals surface area contributed by atoms with E-state index in [1.807, 2.05) is 6.26 Å². The highest BCUT2D eigenvalue weighted by molar-refractivity contribution is 7.98. The van der Waals surface area contributed by atoms with E-state index in [-0.39, 0.29) is 18.3 Å². The number of halogens is 1. The number of esters is 1. The number of benzene rings is 2. The maximum absolute atomic E-state index is 12.3. The van der Waals surface area contributed by atoms with Crippen LogP contribution in [0.1, 0.15) is 17.3 Å². The second-order valence-corrected chi connectivity index (χ2v) is 6.65. The van der Waals surface area contributed by atoms with Gasteiger partial charge < -0.3 is 14.8 Å². The van der Waals surface area contributed by atoms with Crippen LogP contribution >= 0.6 is 23.4 Å². The van der Waals surface area contributed by atoms with Crippen molar-refractivity contribution in [3.63, 3.8) is 0 Å². The lowest BCUT2D eigenvalue weighted by Crippen LogP contribution is -2.19. The summed E-state index contributed by atoms with van der Waals surface area (Å²) in [6, 6.07) is 11.6. The molecule has 2 aromatic carbocycles. The Kier molecular flexibility index (Phi) is 7.69. The quantitative estimate of drug-likeness (QED) is 0.407. The molecule has 0 saturated carbocycles. The van der Waals surface area contributed by atoms with E-state index in [1.165, 1.54) is 18.7 Å². The standard InChI is InChI=1S/C19H18ClNO5S/c1-12(22)21-15-9-13(7-8-18(15)27-2)16(23)10-26-19(24)11-25-17-6-4-3-5-14(17)20/h3-9H,10-11H2,1-2H3,(H,21,22). The van der Waals surface area contributed by atoms with E-state index in [4.69, 9.17) is 21.1 Å². The lowest BCUT2D eigenvalue weighted by atomic mass is 10.1. The topological polar surface area (TPSA) is 81.7 Å². The van der Waals surface area contributed by atoms with Gasteiger partial charge in [-0.15, -0.1) is 11.8 Å². The molecule has 2 aromatic rings. The summed E-state index contributed by atoms with van der Waals surface area (Å²) in [5.41, 5.74) is 0.866. The van der Waals surface area contributed by atoms with Crippen LogP contribution in [0.4, 0.5) is 5.69 Å². The number of anilines is 1. The predicted octanol–water partition coefficient (Wildman–Crippen LogP) is 3.83. The first kappa shape index (κ1) is 20.8. The normalized spacial score (nSPS) is 10.2. The van der Waals surface area contributed by atoms with Crippen molar-refractivity contribution in [1.29, 1.82) is 0 Å². The molecule has 0 radical (unpaired) electrons. The monoisotopic (exact) mass is 407 g/mol. The van der Waals surface area contributed by atoms with Gasteiger partial charge in [-0.1, -0.05) is 29.8 Å². The zero-order valence-corrected chi connectivity index (χ0v) is 16.4. The van der Waals surface area contributed by atoms with Gasteiger partial charge in [0.2, 0.25) is 5.91 Å². The first-order valence-corrected chi connectivity index (χ1v) is 9.52. The van der Waals surface area contributed by atoms with Gasteiger partial charge in [0, 0.05) is 17.4 Å². The number of amides is 1. The van der Waals surface area contributed by atoms with Crippen molar-refractivity contribution in [2.45, 2.75) is 11.8 Å². The van der Waals surface area contributed by atoms with Gasteiger partial charge in [0.25, 0.3) is 0 Å². The molecule has 0 saturated heterocycles. The number of thioether (sulfide) groups is 1. The summed E-state index contributed by atoms with van der Waals surface area (Å²) in [5, 5.41) is 3.05. The summed E-state index contributed by atoms with van der Waals surface area (Å²) in [6.07, 6.45) is 1.86. The highest BCUT2D eigenvalue weighted by Gasteiger charge is 2.14. The van der Waals surface area contributed by atoms with Crippen molar-refractivity contribution in [1.82, 2.24) is 0 Å². The Morgan fingerprint density at radius 1 is 1.11 bits per heavy atom. The SMILES string of the molecule is CSc1ccc(C(=O)COC(=O)COc2ccccc2Cl)cc1NC(C)=O. The van der Waals surface area contributed by atoms with Gasteiger partial charge in [-0.3, -0.25) is 9.59 Å². The van der Waals surface area contributed by atoms with Crippen molar-refractivity contribution < 1.29 is 23.9 Å². The lowest BCUT2D eigenvalue weighted by Gasteiger charge is -2.11. The van der Waals surface area contributed by atoms with E-state index in [0.717, 1.165) is 4.90 Å². The van der Waals surface area contributed by atoms with Gasteiger partial charge in [-0.05, 0) is 30.5 Å². The average Bonchev–Trinajstić information content (AvgIpc) is 2.65. The summed E-state index contributed by atoms with van der Waals surface area (Å²) in [7, 11) is 0. The molecule has 0 heterocycles. The summed E-state index contributed by atoms with van der Waals surface area (Å²) in [6.45, 7) is 0.599. The van der Waals surface area contributed by atoms with Crippen LogP contribution in [0.3, 0.4) is 0 Å². The van der Waals surface area contributed by atoms with E-state index in [2.05, 4.69) is 5.32 Å². The minimum absolute atomic E-state index is 0.238. The maximum atomic E-state index is 12.3. The van der Waals surface area contributed by atoms with E-state index in [1.54, 1.807) is 42.5 Å². The molecule has 6 nitrogen and oxygen atoms in total. The molecule has 2 rings (SSSR count). The average molecular weight is 408 g/mol. The van der Waals surface area contributed by atoms with Gasteiger partial charge in [0.1, 0.15) is 5.75 Å². The van der Waals surface area contributed by atoms with Crippen LogP contribution in [0.2, 0.25) is 5.02 Å². The number of ether oxygens (including phenoxy) is 2. The number of carbonyl (C=O) groups is 3. The number of nitrogens with one attached hydrogen (secondary N) is 1. The molecular formula is C19H18ClNO5S. The number of hydrogen-bond acceptors (Lipinski definition) is 6. The Hall–Kier alpha value is -2.51. The highest BCUT2D eigenvalue weighted by atomic mass is 35.5. The van der Waals surface area contributed by atoms with Crippen LogP contribution in [0, 0.1) is 0 Å². The molecule has 0 fully saturated rings. The number of Topliss-reactive ketones (excluding diaryl/α,β-unsaturated/α-hetero) is 1. The van der Waals surface area contributed by atoms with Gasteiger partial charge >= 0.3 is 5.97 Å². The second kappa shape index (κ2) is 9.99. The van der Waals surface area contributed by atoms with Gasteiger partial charge in [0.05, 0.1) is 10.7 Å². The van der Waals surface area contributed by atoms with Crippen LogP contribution in [0.15, 0.2) is 47.4 Å². The Morgan fingerprint density at radius 2 is 1.85 bits per heavy atom. The van der Waals surface area contributed by atoms with Crippen molar-refractivity contribution in [2.24, 2.45) is 0 Å². The van der Waals surface area contributed by atoms with Gasteiger partial charge in [-0.2, -0.15) is 0 Å². The molecule has 1 N–H and O–H groups in total. The fourth-order valence-electron chi connectivity index (χ4n) is 2.14. The molecule has 0 bridgehead atoms. The molecule has 0 aromatic heterocycles. The lowest BCUT2D eigenvalue weighted by molar-refractivity contribution is -0.144. The molecule has 0 spiro atoms. The van der Waals surface area contributed by atoms with Crippen LogP contribution in [0.25, 0.3) is 0 Å². The Labute approximate surface area is 166 Å². The van der Waals surface area contributed by atoms with Gasteiger partial charge in [0.15, 0.2) is 19.0 Å². The molecule has 0 aliphatic heterocycles. The molecule has 0 unspecified atom stereocenters. The number of hydrogen-bond donors (Lipinski definition) is 1. The van der Waals surface area contributed by atoms with Crippen LogP contribution in [0.5, 0.6) is 5.75 Å². The third-order valence-corrected chi connectivity index (χ3v) is 4.49. The van der Waals surface area contributed by atoms with E-state index in [9.17, 15) is 14.4 Å². The summed E-state index contributed by atoms with van der Waals surface area (Å²) in [4.78, 5) is 36.1. The summed E-state index contributed by atoms with van der Waals surface area (Å²) < 4.78 is 10.2. The number of rotatable bonds is 8. The molecule has 1 amide bonds. The first-order chi connectivity index (χ1) is 12.9. The van der Waals surface area contributed by atoms with E-state index < -0.39 is 12.6 Å². The summed E-state index contributed by atoms with van der Waals surface area (Å²) in [5.74, 6) is -0.959. The van der Waals surface area contributed by atoms with Crippen molar-refractivity contribution in [3.05, 3.63) is 53.1 Å². The number of ketones is 1. The minimum Gasteiger partial charge on any atom is -0.480 e. The van der Waals surface area contributed by atoms with E-state index >= 15 is 0 Å². The third kappa shape index (κ3) is 6.30. The molecule has 8 heteroatoms. The second-order valence-electron chi connectivity index (χ2n) is 5.40. The molecule has 0 aliphatic carbocycles. The van der Waals surface area contributed by atoms with Gasteiger partial charge in [-0.25, -0.2) is 4.79 Å². The molecular weight excluding hydrogens is 390 g/mol. The van der Waals surface area contributed by atoms with Crippen LogP contribution in [-0.2, 0) is 14.3 Å². The predicted molar refractivity (Wildman–Crippen MR) is 105 cm³/mol. The van der Waals surface area contributed by atoms with E-state index in [0.29, 0.717) is 22.0 Å². The fourth-order valence-corrected chi connectivity index (χ4v) is 2.86. The largest absolute Gasteiger partial charge is 0.480 e. The third-order valence-electron chi connectivity index (χ3n) is 3.38. The van der Waals surface area contributed by atoms with Crippen LogP contribution in [-0.4, -0.2) is 37.1 Å².